The molecule has 0 aliphatic carbocycles. The van der Waals surface area contributed by atoms with Crippen LogP contribution in [-0.4, -0.2) is 0 Å². The summed E-state index contributed by atoms with van der Waals surface area (Å²) in [6, 6.07) is 82.1. The van der Waals surface area contributed by atoms with Gasteiger partial charge in [0.05, 0.1) is 43.5 Å². The highest BCUT2D eigenvalue weighted by Crippen LogP contribution is 2.55. The molecule has 4 heteroatoms. The van der Waals surface area contributed by atoms with Crippen LogP contribution in [0.15, 0.2) is 218 Å². The molecule has 0 saturated heterocycles. The first kappa shape index (κ1) is 48.1. The molecule has 0 amide bonds. The van der Waals surface area contributed by atoms with Gasteiger partial charge >= 0.3 is 0 Å². The normalized spacial score (nSPS) is 12.4. The summed E-state index contributed by atoms with van der Waals surface area (Å²) in [7, 11) is 0. The summed E-state index contributed by atoms with van der Waals surface area (Å²) >= 11 is 3.90. The van der Waals surface area contributed by atoms with Crippen molar-refractivity contribution in [2.75, 3.05) is 9.80 Å². The Morgan fingerprint density at radius 2 is 0.654 bits per heavy atom. The zero-order valence-electron chi connectivity index (χ0n) is 45.5. The van der Waals surface area contributed by atoms with Crippen LogP contribution in [0, 0.1) is 13.8 Å². The molecular weight excluding hydrogens is 981 g/mol. The Morgan fingerprint density at radius 1 is 0.295 bits per heavy atom. The minimum Gasteiger partial charge on any atom is -0.308 e. The Hall–Kier alpha value is -8.28. The number of fused-ring (bicyclic) bond motifs is 6. The summed E-state index contributed by atoms with van der Waals surface area (Å²) in [6.07, 6.45) is 0. The molecule has 0 saturated carbocycles. The third kappa shape index (κ3) is 7.56. The quantitative estimate of drug-likeness (QED) is 0.140. The second kappa shape index (κ2) is 18.2. The predicted molar refractivity (Wildman–Crippen MR) is 343 cm³/mol. The van der Waals surface area contributed by atoms with Crippen LogP contribution in [0.5, 0.6) is 0 Å². The number of benzene rings is 12. The van der Waals surface area contributed by atoms with Crippen molar-refractivity contribution in [3.05, 3.63) is 241 Å². The van der Waals surface area contributed by atoms with Crippen molar-refractivity contribution >= 4 is 129 Å². The van der Waals surface area contributed by atoms with Crippen molar-refractivity contribution in [1.29, 1.82) is 0 Å². The van der Waals surface area contributed by atoms with Gasteiger partial charge in [-0.1, -0.05) is 236 Å². The number of hydrogen-bond donors (Lipinski definition) is 0. The molecule has 2 aromatic heterocycles. The maximum absolute atomic E-state index is 2.61. The van der Waals surface area contributed by atoms with Crippen molar-refractivity contribution in [3.63, 3.8) is 0 Å². The fourth-order valence-electron chi connectivity index (χ4n) is 12.6. The Labute approximate surface area is 465 Å². The minimum atomic E-state index is -0.0157. The molecule has 0 aliphatic rings. The van der Waals surface area contributed by atoms with Crippen molar-refractivity contribution in [3.8, 4) is 22.3 Å². The van der Waals surface area contributed by atoms with Crippen molar-refractivity contribution < 1.29 is 0 Å². The van der Waals surface area contributed by atoms with Gasteiger partial charge in [0.15, 0.2) is 0 Å². The fourth-order valence-corrected chi connectivity index (χ4v) is 15.8. The van der Waals surface area contributed by atoms with E-state index < -0.39 is 0 Å². The lowest BCUT2D eigenvalue weighted by atomic mass is 9.86. The maximum Gasteiger partial charge on any atom is 0.0670 e. The van der Waals surface area contributed by atoms with Gasteiger partial charge in [0, 0.05) is 52.8 Å². The zero-order chi connectivity index (χ0) is 53.2. The highest BCUT2D eigenvalue weighted by molar-refractivity contribution is 7.27. The first-order chi connectivity index (χ1) is 37.8. The summed E-state index contributed by atoms with van der Waals surface area (Å²) in [5, 5.41) is 12.6. The Bertz CT molecular complexity index is 4360. The summed E-state index contributed by atoms with van der Waals surface area (Å²) in [6.45, 7) is 18.6. The standard InChI is InChI=1S/C74H60N2S2/c1-45-33-39-55-53-27-19-29-59(73(3,4)5)69(53)77-71(55)67(45)75(61-31-17-15-25-51(61)47-21-11-9-12-22-47)63-43-37-49-36-42-58-64(44-38-50-35-41-57(63)65(49)66(50)58)76(62-32-18-16-26-52(62)48-23-13-10-14-24-48)68-46(2)34-40-56-54-28-20-30-60(74(6,7)8)70(54)78-72(56)68/h9-44H,1-8H3. The molecule has 0 bridgehead atoms. The predicted octanol–water partition coefficient (Wildman–Crippen LogP) is 22.8. The van der Waals surface area contributed by atoms with Gasteiger partial charge in [0.2, 0.25) is 0 Å². The molecule has 2 nitrogen and oxygen atoms in total. The highest BCUT2D eigenvalue weighted by atomic mass is 32.1. The average molecular weight is 1040 g/mol. The number of hydrogen-bond acceptors (Lipinski definition) is 4. The molecule has 0 unspecified atom stereocenters. The molecule has 378 valence electrons. The molecule has 0 N–H and O–H groups in total. The van der Waals surface area contributed by atoms with Gasteiger partial charge in [0.25, 0.3) is 0 Å². The van der Waals surface area contributed by atoms with E-state index in [0.717, 1.165) is 22.7 Å². The van der Waals surface area contributed by atoms with E-state index in [0.29, 0.717) is 0 Å². The van der Waals surface area contributed by atoms with E-state index in [1.54, 1.807) is 0 Å². The minimum absolute atomic E-state index is 0.0157. The van der Waals surface area contributed by atoms with Gasteiger partial charge in [-0.05, 0) is 104 Å². The van der Waals surface area contributed by atoms with Gasteiger partial charge in [-0.25, -0.2) is 0 Å². The summed E-state index contributed by atoms with van der Waals surface area (Å²) in [4.78, 5) is 5.22. The first-order valence-corrected chi connectivity index (χ1v) is 29.0. The Morgan fingerprint density at radius 3 is 1.06 bits per heavy atom. The lowest BCUT2D eigenvalue weighted by Gasteiger charge is -2.32. The number of para-hydroxylation sites is 2. The molecule has 12 aromatic carbocycles. The average Bonchev–Trinajstić information content (AvgIpc) is 4.05. The number of rotatable bonds is 8. The molecule has 14 rings (SSSR count). The van der Waals surface area contributed by atoms with Gasteiger partial charge < -0.3 is 9.80 Å². The third-order valence-electron chi connectivity index (χ3n) is 16.3. The summed E-state index contributed by atoms with van der Waals surface area (Å²) in [5.74, 6) is 0. The third-order valence-corrected chi connectivity index (χ3v) is 18.8. The van der Waals surface area contributed by atoms with Crippen LogP contribution < -0.4 is 9.80 Å². The van der Waals surface area contributed by atoms with Gasteiger partial charge in [-0.15, -0.1) is 22.7 Å². The fraction of sp³-hybridized carbons (Fsp3) is 0.135. The van der Waals surface area contributed by atoms with Gasteiger partial charge in [0.1, 0.15) is 0 Å². The smallest absolute Gasteiger partial charge is 0.0670 e. The van der Waals surface area contributed by atoms with Crippen LogP contribution in [0.2, 0.25) is 0 Å². The van der Waals surface area contributed by atoms with Crippen LogP contribution in [0.25, 0.3) is 94.9 Å². The molecule has 0 aliphatic heterocycles. The molecule has 0 radical (unpaired) electrons. The number of anilines is 6. The van der Waals surface area contributed by atoms with E-state index in [4.69, 9.17) is 0 Å². The Balaban J connectivity index is 1.08. The molecule has 0 atom stereocenters. The van der Waals surface area contributed by atoms with E-state index in [2.05, 4.69) is 284 Å². The van der Waals surface area contributed by atoms with E-state index >= 15 is 0 Å². The molecule has 0 spiro atoms. The highest BCUT2D eigenvalue weighted by Gasteiger charge is 2.30. The van der Waals surface area contributed by atoms with Gasteiger partial charge in [-0.3, -0.25) is 0 Å². The molecular formula is C74H60N2S2. The monoisotopic (exact) mass is 1040 g/mol. The Kier molecular flexibility index (Phi) is 11.2. The molecule has 78 heavy (non-hydrogen) atoms. The lowest BCUT2D eigenvalue weighted by Crippen LogP contribution is -2.14. The zero-order valence-corrected chi connectivity index (χ0v) is 47.1. The number of thiophene rings is 2. The van der Waals surface area contributed by atoms with Gasteiger partial charge in [-0.2, -0.15) is 0 Å². The summed E-state index contributed by atoms with van der Waals surface area (Å²) < 4.78 is 5.32. The topological polar surface area (TPSA) is 6.48 Å². The number of nitrogens with zero attached hydrogens (tertiary/aromatic N) is 2. The van der Waals surface area contributed by atoms with E-state index in [9.17, 15) is 0 Å². The second-order valence-corrected chi connectivity index (χ2v) is 25.4. The van der Waals surface area contributed by atoms with Crippen molar-refractivity contribution in [1.82, 2.24) is 0 Å². The van der Waals surface area contributed by atoms with Crippen LogP contribution in [0.4, 0.5) is 34.1 Å². The van der Waals surface area contributed by atoms with Crippen LogP contribution in [0.3, 0.4) is 0 Å². The van der Waals surface area contributed by atoms with Crippen molar-refractivity contribution in [2.24, 2.45) is 0 Å². The molecule has 2 heterocycles. The largest absolute Gasteiger partial charge is 0.308 e. The summed E-state index contributed by atoms with van der Waals surface area (Å²) in [5.41, 5.74) is 17.0. The maximum atomic E-state index is 2.61. The van der Waals surface area contributed by atoms with E-state index in [1.165, 1.54) is 129 Å². The van der Waals surface area contributed by atoms with E-state index in [1.807, 2.05) is 22.7 Å². The van der Waals surface area contributed by atoms with Crippen LogP contribution in [-0.2, 0) is 10.8 Å². The van der Waals surface area contributed by atoms with E-state index in [-0.39, 0.29) is 10.8 Å². The molecule has 14 aromatic rings. The van der Waals surface area contributed by atoms with Crippen molar-refractivity contribution in [2.45, 2.75) is 66.2 Å². The van der Waals surface area contributed by atoms with Crippen LogP contribution >= 0.6 is 22.7 Å². The SMILES string of the molecule is Cc1ccc2c(sc3c(C(C)(C)C)cccc32)c1N(c1ccccc1-c1ccccc1)c1ccc2ccc3c(N(c4ccccc4-c4ccccc4)c4c(C)ccc5c4sc4c(C(C)(C)C)cccc45)ccc4ccc1c2c43. The molecule has 0 fully saturated rings. The number of aryl methyl sites for hydroxylation is 2. The lowest BCUT2D eigenvalue weighted by molar-refractivity contribution is 0.596. The first-order valence-electron chi connectivity index (χ1n) is 27.3. The van der Waals surface area contributed by atoms with Crippen LogP contribution in [0.1, 0.15) is 63.8 Å². The second-order valence-electron chi connectivity index (χ2n) is 23.3.